The fraction of sp³-hybridized carbons (Fsp3) is 0.348. The highest BCUT2D eigenvalue weighted by molar-refractivity contribution is 5.85. The van der Waals surface area contributed by atoms with E-state index in [2.05, 4.69) is 15.5 Å². The minimum atomic E-state index is -0.201. The van der Waals surface area contributed by atoms with Crippen molar-refractivity contribution in [1.82, 2.24) is 20.2 Å². The Morgan fingerprint density at radius 2 is 2.03 bits per heavy atom. The summed E-state index contributed by atoms with van der Waals surface area (Å²) in [5, 5.41) is 6.81. The molecule has 0 saturated carbocycles. The Balaban J connectivity index is 1.61. The minimum absolute atomic E-state index is 0.00356. The highest BCUT2D eigenvalue weighted by atomic mass is 16.2. The van der Waals surface area contributed by atoms with Crippen molar-refractivity contribution in [2.45, 2.75) is 38.5 Å². The standard InChI is InChI=1S/C23H25N5O2/c1-14(2)25-21(29)13-28-22(15-6-4-3-5-7-15)26-18-9-8-16(10-17(18)23(28)30)27-12-19-20(27)11-24-19/h3-10,14,19-20,24H,11-13H2,1-2H3,(H,25,29). The van der Waals surface area contributed by atoms with Crippen LogP contribution in [-0.4, -0.2) is 46.7 Å². The quantitative estimate of drug-likeness (QED) is 0.679. The van der Waals surface area contributed by atoms with Crippen LogP contribution in [0.3, 0.4) is 0 Å². The van der Waals surface area contributed by atoms with Crippen LogP contribution in [0.4, 0.5) is 5.69 Å². The van der Waals surface area contributed by atoms with Crippen molar-refractivity contribution < 1.29 is 4.79 Å². The summed E-state index contributed by atoms with van der Waals surface area (Å²) in [7, 11) is 0. The summed E-state index contributed by atoms with van der Waals surface area (Å²) in [6.07, 6.45) is 0. The number of piperazine rings is 1. The van der Waals surface area contributed by atoms with Crippen molar-refractivity contribution >= 4 is 22.5 Å². The van der Waals surface area contributed by atoms with Gasteiger partial charge in [-0.3, -0.25) is 14.2 Å². The van der Waals surface area contributed by atoms with Crippen LogP contribution in [0.5, 0.6) is 0 Å². The third-order valence-corrected chi connectivity index (χ3v) is 5.90. The Hall–Kier alpha value is -3.19. The third-order valence-electron chi connectivity index (χ3n) is 5.90. The SMILES string of the molecule is CC(C)NC(=O)Cn1c(-c2ccccc2)nc2ccc(N3CC4NCC43)cc2c1=O. The lowest BCUT2D eigenvalue weighted by atomic mass is 9.88. The molecular weight excluding hydrogens is 378 g/mol. The van der Waals surface area contributed by atoms with Crippen molar-refractivity contribution in [2.75, 3.05) is 18.0 Å². The maximum Gasteiger partial charge on any atom is 0.262 e. The van der Waals surface area contributed by atoms with Crippen molar-refractivity contribution in [3.05, 3.63) is 58.9 Å². The average Bonchev–Trinajstić information content (AvgIpc) is 2.72. The maximum atomic E-state index is 13.5. The van der Waals surface area contributed by atoms with Crippen LogP contribution in [-0.2, 0) is 11.3 Å². The monoisotopic (exact) mass is 403 g/mol. The fourth-order valence-corrected chi connectivity index (χ4v) is 4.26. The molecule has 0 radical (unpaired) electrons. The predicted molar refractivity (Wildman–Crippen MR) is 118 cm³/mol. The van der Waals surface area contributed by atoms with Gasteiger partial charge in [0.1, 0.15) is 12.4 Å². The number of amides is 1. The molecule has 2 N–H and O–H groups in total. The largest absolute Gasteiger partial charge is 0.364 e. The molecular formula is C23H25N5O2. The highest BCUT2D eigenvalue weighted by Crippen LogP contribution is 2.32. The molecule has 1 aromatic heterocycles. The van der Waals surface area contributed by atoms with Gasteiger partial charge in [-0.05, 0) is 32.0 Å². The van der Waals surface area contributed by atoms with E-state index in [-0.39, 0.29) is 24.1 Å². The van der Waals surface area contributed by atoms with Gasteiger partial charge < -0.3 is 15.5 Å². The first-order chi connectivity index (χ1) is 14.5. The van der Waals surface area contributed by atoms with E-state index in [1.807, 2.05) is 62.4 Å². The molecule has 7 heteroatoms. The number of anilines is 1. The van der Waals surface area contributed by atoms with Crippen LogP contribution >= 0.6 is 0 Å². The Morgan fingerprint density at radius 3 is 2.67 bits per heavy atom. The van der Waals surface area contributed by atoms with Gasteiger partial charge in [-0.25, -0.2) is 4.98 Å². The Morgan fingerprint density at radius 1 is 1.23 bits per heavy atom. The summed E-state index contributed by atoms with van der Waals surface area (Å²) in [4.78, 5) is 33.1. The molecule has 30 heavy (non-hydrogen) atoms. The van der Waals surface area contributed by atoms with Crippen molar-refractivity contribution in [2.24, 2.45) is 0 Å². The number of nitrogens with one attached hydrogen (secondary N) is 2. The zero-order valence-corrected chi connectivity index (χ0v) is 17.1. The number of benzene rings is 2. The number of hydrogen-bond donors (Lipinski definition) is 2. The smallest absolute Gasteiger partial charge is 0.262 e. The molecule has 2 atom stereocenters. The van der Waals surface area contributed by atoms with Gasteiger partial charge in [-0.1, -0.05) is 30.3 Å². The fourth-order valence-electron chi connectivity index (χ4n) is 4.26. The van der Waals surface area contributed by atoms with E-state index < -0.39 is 0 Å². The van der Waals surface area contributed by atoms with Gasteiger partial charge in [-0.15, -0.1) is 0 Å². The Kier molecular flexibility index (Phi) is 4.55. The van der Waals surface area contributed by atoms with Gasteiger partial charge in [0.25, 0.3) is 5.56 Å². The minimum Gasteiger partial charge on any atom is -0.364 e. The van der Waals surface area contributed by atoms with Crippen LogP contribution in [0.1, 0.15) is 13.8 Å². The van der Waals surface area contributed by atoms with E-state index in [0.29, 0.717) is 28.8 Å². The topological polar surface area (TPSA) is 79.3 Å². The van der Waals surface area contributed by atoms with E-state index in [0.717, 1.165) is 24.3 Å². The van der Waals surface area contributed by atoms with E-state index in [1.165, 1.54) is 4.57 Å². The zero-order valence-electron chi connectivity index (χ0n) is 17.1. The maximum absolute atomic E-state index is 13.5. The summed E-state index contributed by atoms with van der Waals surface area (Å²) in [5.74, 6) is 0.305. The van der Waals surface area contributed by atoms with Gasteiger partial charge in [0.15, 0.2) is 0 Å². The van der Waals surface area contributed by atoms with E-state index >= 15 is 0 Å². The van der Waals surface area contributed by atoms with Gasteiger partial charge in [0.05, 0.1) is 16.9 Å². The molecule has 3 heterocycles. The molecule has 3 aromatic rings. The number of aromatic nitrogens is 2. The predicted octanol–water partition coefficient (Wildman–Crippen LogP) is 1.75. The molecule has 5 rings (SSSR count). The second-order valence-corrected chi connectivity index (χ2v) is 8.35. The second kappa shape index (κ2) is 7.25. The molecule has 2 unspecified atom stereocenters. The first-order valence-corrected chi connectivity index (χ1v) is 10.4. The summed E-state index contributed by atoms with van der Waals surface area (Å²) >= 11 is 0. The molecule has 2 saturated heterocycles. The van der Waals surface area contributed by atoms with Crippen molar-refractivity contribution in [3.8, 4) is 11.4 Å². The van der Waals surface area contributed by atoms with E-state index in [1.54, 1.807) is 0 Å². The molecule has 2 aliphatic heterocycles. The van der Waals surface area contributed by atoms with Crippen molar-refractivity contribution in [1.29, 1.82) is 0 Å². The Labute approximate surface area is 174 Å². The van der Waals surface area contributed by atoms with E-state index in [4.69, 9.17) is 4.98 Å². The molecule has 2 aliphatic rings. The third kappa shape index (κ3) is 3.15. The first-order valence-electron chi connectivity index (χ1n) is 10.4. The number of rotatable bonds is 5. The highest BCUT2D eigenvalue weighted by Gasteiger charge is 2.45. The van der Waals surface area contributed by atoms with Crippen LogP contribution in [0.25, 0.3) is 22.3 Å². The van der Waals surface area contributed by atoms with Gasteiger partial charge in [0, 0.05) is 36.4 Å². The van der Waals surface area contributed by atoms with Crippen LogP contribution < -0.4 is 21.1 Å². The molecule has 0 bridgehead atoms. The molecule has 2 aromatic carbocycles. The number of nitrogens with zero attached hydrogens (tertiary/aromatic N) is 3. The number of carbonyl (C=O) groups excluding carboxylic acids is 1. The van der Waals surface area contributed by atoms with Crippen molar-refractivity contribution in [3.63, 3.8) is 0 Å². The van der Waals surface area contributed by atoms with Gasteiger partial charge in [0.2, 0.25) is 5.91 Å². The summed E-state index contributed by atoms with van der Waals surface area (Å²) in [5.41, 5.74) is 2.30. The van der Waals surface area contributed by atoms with Crippen LogP contribution in [0, 0.1) is 0 Å². The van der Waals surface area contributed by atoms with Crippen LogP contribution in [0.2, 0.25) is 0 Å². The number of hydrogen-bond acceptors (Lipinski definition) is 5. The number of fused-ring (bicyclic) bond motifs is 2. The zero-order chi connectivity index (χ0) is 20.8. The lowest BCUT2D eigenvalue weighted by Crippen LogP contribution is -2.78. The molecule has 0 spiro atoms. The van der Waals surface area contributed by atoms with E-state index in [9.17, 15) is 9.59 Å². The molecule has 7 nitrogen and oxygen atoms in total. The summed E-state index contributed by atoms with van der Waals surface area (Å²) in [6, 6.07) is 16.5. The summed E-state index contributed by atoms with van der Waals surface area (Å²) in [6.45, 7) is 5.68. The number of carbonyl (C=O) groups is 1. The molecule has 0 aliphatic carbocycles. The van der Waals surface area contributed by atoms with Gasteiger partial charge >= 0.3 is 0 Å². The lowest BCUT2D eigenvalue weighted by Gasteiger charge is -2.57. The molecule has 154 valence electrons. The van der Waals surface area contributed by atoms with Crippen LogP contribution in [0.15, 0.2) is 53.3 Å². The average molecular weight is 403 g/mol. The second-order valence-electron chi connectivity index (χ2n) is 8.35. The first kappa shape index (κ1) is 18.8. The lowest BCUT2D eigenvalue weighted by molar-refractivity contribution is -0.122. The Bertz CT molecular complexity index is 1170. The molecule has 1 amide bonds. The summed E-state index contributed by atoms with van der Waals surface area (Å²) < 4.78 is 1.49. The van der Waals surface area contributed by atoms with Gasteiger partial charge in [-0.2, -0.15) is 0 Å². The molecule has 2 fully saturated rings. The normalized spacial score (nSPS) is 19.9.